The van der Waals surface area contributed by atoms with E-state index in [1.165, 1.54) is 0 Å². The molecule has 1 amide bonds. The van der Waals surface area contributed by atoms with Gasteiger partial charge in [-0.1, -0.05) is 6.92 Å². The van der Waals surface area contributed by atoms with Gasteiger partial charge < -0.3 is 14.6 Å². The Balaban J connectivity index is 1.95. The van der Waals surface area contributed by atoms with E-state index in [9.17, 15) is 4.79 Å². The number of rotatable bonds is 6. The Kier molecular flexibility index (Phi) is 5.20. The van der Waals surface area contributed by atoms with Gasteiger partial charge in [0.2, 0.25) is 5.89 Å². The van der Waals surface area contributed by atoms with Crippen LogP contribution < -0.4 is 10.2 Å². The van der Waals surface area contributed by atoms with Gasteiger partial charge in [-0.05, 0) is 44.5 Å². The fourth-order valence-corrected chi connectivity index (χ4v) is 2.20. The number of carbonyl (C=O) groups is 1. The van der Waals surface area contributed by atoms with Gasteiger partial charge in [-0.2, -0.15) is 0 Å². The molecule has 0 unspecified atom stereocenters. The average molecular weight is 301 g/mol. The van der Waals surface area contributed by atoms with Crippen molar-refractivity contribution in [3.05, 3.63) is 47.2 Å². The molecule has 0 saturated carbocycles. The van der Waals surface area contributed by atoms with E-state index >= 15 is 0 Å². The lowest BCUT2D eigenvalue weighted by Gasteiger charge is -2.18. The second-order valence-corrected chi connectivity index (χ2v) is 5.40. The Hall–Kier alpha value is -2.30. The molecule has 0 aliphatic rings. The lowest BCUT2D eigenvalue weighted by molar-refractivity contribution is 0.0947. The van der Waals surface area contributed by atoms with Crippen LogP contribution in [0.4, 0.5) is 5.69 Å². The van der Waals surface area contributed by atoms with Crippen LogP contribution >= 0.6 is 0 Å². The van der Waals surface area contributed by atoms with E-state index in [1.54, 1.807) is 0 Å². The molecule has 1 aromatic carbocycles. The Morgan fingerprint density at radius 3 is 2.50 bits per heavy atom. The first-order valence-electron chi connectivity index (χ1n) is 7.53. The number of anilines is 1. The van der Waals surface area contributed by atoms with Crippen LogP contribution in [0.15, 0.2) is 28.7 Å². The van der Waals surface area contributed by atoms with E-state index in [1.807, 2.05) is 45.2 Å². The third kappa shape index (κ3) is 3.87. The second kappa shape index (κ2) is 7.11. The van der Waals surface area contributed by atoms with Gasteiger partial charge in [-0.25, -0.2) is 4.98 Å². The standard InChI is InChI=1S/C17H23N3O2/c1-5-10-20(4)15-8-6-14(7-9-15)17(21)18-11-16-19-12(2)13(3)22-16/h6-9H,5,10-11H2,1-4H3,(H,18,21). The maximum Gasteiger partial charge on any atom is 0.251 e. The van der Waals surface area contributed by atoms with Crippen LogP contribution in [0.25, 0.3) is 0 Å². The third-order valence-corrected chi connectivity index (χ3v) is 3.60. The van der Waals surface area contributed by atoms with E-state index in [0.29, 0.717) is 18.0 Å². The number of carbonyl (C=O) groups excluding carboxylic acids is 1. The number of benzene rings is 1. The molecule has 2 aromatic rings. The normalized spacial score (nSPS) is 10.5. The molecule has 2 rings (SSSR count). The van der Waals surface area contributed by atoms with Gasteiger partial charge in [0.15, 0.2) is 0 Å². The molecule has 0 fully saturated rings. The summed E-state index contributed by atoms with van der Waals surface area (Å²) in [6.07, 6.45) is 1.09. The summed E-state index contributed by atoms with van der Waals surface area (Å²) in [4.78, 5) is 18.5. The average Bonchev–Trinajstić information content (AvgIpc) is 2.84. The summed E-state index contributed by atoms with van der Waals surface area (Å²) in [5.41, 5.74) is 2.60. The number of oxazole rings is 1. The van der Waals surface area contributed by atoms with Crippen LogP contribution in [0.5, 0.6) is 0 Å². The van der Waals surface area contributed by atoms with Crippen molar-refractivity contribution in [3.63, 3.8) is 0 Å². The smallest absolute Gasteiger partial charge is 0.251 e. The molecule has 22 heavy (non-hydrogen) atoms. The van der Waals surface area contributed by atoms with Gasteiger partial charge in [-0.15, -0.1) is 0 Å². The van der Waals surface area contributed by atoms with E-state index in [2.05, 4.69) is 22.1 Å². The number of amides is 1. The molecule has 0 aliphatic carbocycles. The lowest BCUT2D eigenvalue weighted by Crippen LogP contribution is -2.23. The predicted octanol–water partition coefficient (Wildman–Crippen LogP) is 3.07. The highest BCUT2D eigenvalue weighted by Gasteiger charge is 2.09. The minimum absolute atomic E-state index is 0.127. The number of nitrogens with one attached hydrogen (secondary N) is 1. The van der Waals surface area contributed by atoms with Crippen LogP contribution in [-0.2, 0) is 6.54 Å². The van der Waals surface area contributed by atoms with Crippen LogP contribution in [0.1, 0.15) is 41.0 Å². The first-order chi connectivity index (χ1) is 10.5. The highest BCUT2D eigenvalue weighted by Crippen LogP contribution is 2.14. The van der Waals surface area contributed by atoms with Crippen LogP contribution in [0.3, 0.4) is 0 Å². The van der Waals surface area contributed by atoms with E-state index in [-0.39, 0.29) is 5.91 Å². The summed E-state index contributed by atoms with van der Waals surface area (Å²) in [5.74, 6) is 1.19. The molecule has 0 atom stereocenters. The van der Waals surface area contributed by atoms with Crippen LogP contribution in [0, 0.1) is 13.8 Å². The van der Waals surface area contributed by atoms with Crippen molar-refractivity contribution in [3.8, 4) is 0 Å². The van der Waals surface area contributed by atoms with E-state index < -0.39 is 0 Å². The molecule has 5 nitrogen and oxygen atoms in total. The van der Waals surface area contributed by atoms with Gasteiger partial charge >= 0.3 is 0 Å². The highest BCUT2D eigenvalue weighted by atomic mass is 16.4. The Morgan fingerprint density at radius 2 is 1.95 bits per heavy atom. The van der Waals surface area contributed by atoms with Gasteiger partial charge in [0.25, 0.3) is 5.91 Å². The molecule has 1 aromatic heterocycles. The number of aryl methyl sites for hydroxylation is 2. The maximum absolute atomic E-state index is 12.1. The predicted molar refractivity (Wildman–Crippen MR) is 87.2 cm³/mol. The van der Waals surface area contributed by atoms with Gasteiger partial charge in [-0.3, -0.25) is 4.79 Å². The highest BCUT2D eigenvalue weighted by molar-refractivity contribution is 5.94. The molecular formula is C17H23N3O2. The monoisotopic (exact) mass is 301 g/mol. The first kappa shape index (κ1) is 16.1. The van der Waals surface area contributed by atoms with E-state index in [0.717, 1.165) is 30.1 Å². The van der Waals surface area contributed by atoms with Crippen molar-refractivity contribution < 1.29 is 9.21 Å². The topological polar surface area (TPSA) is 58.4 Å². The Bertz CT molecular complexity index is 612. The molecule has 0 radical (unpaired) electrons. The molecule has 0 saturated heterocycles. The summed E-state index contributed by atoms with van der Waals surface area (Å²) in [5, 5.41) is 2.82. The number of nitrogens with zero attached hydrogens (tertiary/aromatic N) is 2. The van der Waals surface area contributed by atoms with Crippen molar-refractivity contribution in [2.45, 2.75) is 33.7 Å². The number of hydrogen-bond donors (Lipinski definition) is 1. The summed E-state index contributed by atoms with van der Waals surface area (Å²) >= 11 is 0. The number of hydrogen-bond acceptors (Lipinski definition) is 4. The fourth-order valence-electron chi connectivity index (χ4n) is 2.20. The van der Waals surface area contributed by atoms with Gasteiger partial charge in [0.05, 0.1) is 12.2 Å². The van der Waals surface area contributed by atoms with E-state index in [4.69, 9.17) is 4.42 Å². The Morgan fingerprint density at radius 1 is 1.27 bits per heavy atom. The van der Waals surface area contributed by atoms with Crippen molar-refractivity contribution in [1.82, 2.24) is 10.3 Å². The summed E-state index contributed by atoms with van der Waals surface area (Å²) in [6.45, 7) is 7.18. The summed E-state index contributed by atoms with van der Waals surface area (Å²) in [6, 6.07) is 7.60. The lowest BCUT2D eigenvalue weighted by atomic mass is 10.2. The minimum Gasteiger partial charge on any atom is -0.444 e. The molecule has 118 valence electrons. The van der Waals surface area contributed by atoms with Gasteiger partial charge in [0.1, 0.15) is 5.76 Å². The van der Waals surface area contributed by atoms with Crippen molar-refractivity contribution in [1.29, 1.82) is 0 Å². The third-order valence-electron chi connectivity index (χ3n) is 3.60. The quantitative estimate of drug-likeness (QED) is 0.891. The van der Waals surface area contributed by atoms with Gasteiger partial charge in [0, 0.05) is 24.8 Å². The Labute approximate surface area is 131 Å². The summed E-state index contributed by atoms with van der Waals surface area (Å²) < 4.78 is 5.45. The molecule has 0 bridgehead atoms. The molecule has 1 heterocycles. The zero-order valence-corrected chi connectivity index (χ0v) is 13.6. The van der Waals surface area contributed by atoms with Crippen molar-refractivity contribution >= 4 is 11.6 Å². The SMILES string of the molecule is CCCN(C)c1ccc(C(=O)NCc2nc(C)c(C)o2)cc1. The largest absolute Gasteiger partial charge is 0.444 e. The molecule has 1 N–H and O–H groups in total. The molecule has 0 aliphatic heterocycles. The maximum atomic E-state index is 12.1. The zero-order chi connectivity index (χ0) is 16.1. The fraction of sp³-hybridized carbons (Fsp3) is 0.412. The first-order valence-corrected chi connectivity index (χ1v) is 7.53. The molecular weight excluding hydrogens is 278 g/mol. The molecule has 5 heteroatoms. The van der Waals surface area contributed by atoms with Crippen molar-refractivity contribution in [2.75, 3.05) is 18.5 Å². The molecule has 0 spiro atoms. The van der Waals surface area contributed by atoms with Crippen molar-refractivity contribution in [2.24, 2.45) is 0 Å². The second-order valence-electron chi connectivity index (χ2n) is 5.40. The zero-order valence-electron chi connectivity index (χ0n) is 13.6. The number of aromatic nitrogens is 1. The summed E-state index contributed by atoms with van der Waals surface area (Å²) in [7, 11) is 2.05. The minimum atomic E-state index is -0.127. The van der Waals surface area contributed by atoms with Crippen LogP contribution in [-0.4, -0.2) is 24.5 Å². The van der Waals surface area contributed by atoms with Crippen LogP contribution in [0.2, 0.25) is 0 Å².